The van der Waals surface area contributed by atoms with Gasteiger partial charge in [0.05, 0.1) is 18.3 Å². The Morgan fingerprint density at radius 2 is 2.26 bits per heavy atom. The molecule has 5 heteroatoms. The first kappa shape index (κ1) is 14.1. The highest BCUT2D eigenvalue weighted by Crippen LogP contribution is 2.28. The van der Waals surface area contributed by atoms with Crippen LogP contribution in [-0.4, -0.2) is 28.8 Å². The molecule has 1 saturated carbocycles. The fraction of sp³-hybridized carbons (Fsp3) is 0.714. The monoisotopic (exact) mass is 264 g/mol. The van der Waals surface area contributed by atoms with Crippen LogP contribution in [0.15, 0.2) is 12.3 Å². The van der Waals surface area contributed by atoms with Crippen LogP contribution in [0, 0.1) is 0 Å². The fourth-order valence-corrected chi connectivity index (χ4v) is 2.47. The van der Waals surface area contributed by atoms with Crippen LogP contribution in [0.4, 0.5) is 0 Å². The summed E-state index contributed by atoms with van der Waals surface area (Å²) < 4.78 is 2.08. The molecule has 2 N–H and O–H groups in total. The topological polar surface area (TPSA) is 59.0 Å². The van der Waals surface area contributed by atoms with Crippen molar-refractivity contribution in [1.82, 2.24) is 20.4 Å². The zero-order valence-corrected chi connectivity index (χ0v) is 11.7. The first-order chi connectivity index (χ1) is 9.29. The van der Waals surface area contributed by atoms with Crippen molar-refractivity contribution in [3.8, 4) is 0 Å². The lowest BCUT2D eigenvalue weighted by molar-refractivity contribution is -0.120. The molecule has 19 heavy (non-hydrogen) atoms. The van der Waals surface area contributed by atoms with Crippen LogP contribution in [0.2, 0.25) is 0 Å². The third-order valence-corrected chi connectivity index (χ3v) is 3.53. The molecule has 1 aliphatic rings. The molecule has 0 aromatic carbocycles. The Hall–Kier alpha value is -1.36. The van der Waals surface area contributed by atoms with Gasteiger partial charge < -0.3 is 10.6 Å². The minimum Gasteiger partial charge on any atom is -0.355 e. The molecule has 1 aromatic rings. The van der Waals surface area contributed by atoms with E-state index < -0.39 is 0 Å². The molecular formula is C14H24N4O. The summed E-state index contributed by atoms with van der Waals surface area (Å²) >= 11 is 0. The van der Waals surface area contributed by atoms with Crippen LogP contribution in [0.25, 0.3) is 0 Å². The number of nitrogens with zero attached hydrogens (tertiary/aromatic N) is 2. The maximum atomic E-state index is 11.4. The zero-order valence-electron chi connectivity index (χ0n) is 11.7. The van der Waals surface area contributed by atoms with E-state index in [-0.39, 0.29) is 5.91 Å². The summed E-state index contributed by atoms with van der Waals surface area (Å²) in [6, 6.07) is 2.62. The van der Waals surface area contributed by atoms with Crippen molar-refractivity contribution in [1.29, 1.82) is 0 Å². The second-order valence-electron chi connectivity index (χ2n) is 5.18. The summed E-state index contributed by atoms with van der Waals surface area (Å²) in [5, 5.41) is 10.5. The van der Waals surface area contributed by atoms with Crippen LogP contribution in [0.5, 0.6) is 0 Å². The summed E-state index contributed by atoms with van der Waals surface area (Å²) in [6.45, 7) is 3.80. The van der Waals surface area contributed by atoms with Gasteiger partial charge in [-0.25, -0.2) is 0 Å². The number of carbonyl (C=O) groups excluding carboxylic acids is 1. The van der Waals surface area contributed by atoms with Crippen LogP contribution in [-0.2, 0) is 11.3 Å². The van der Waals surface area contributed by atoms with E-state index >= 15 is 0 Å². The molecule has 1 amide bonds. The van der Waals surface area contributed by atoms with Gasteiger partial charge in [0.1, 0.15) is 0 Å². The molecule has 0 atom stereocenters. The van der Waals surface area contributed by atoms with Crippen molar-refractivity contribution >= 4 is 5.91 Å². The Labute approximate surface area is 114 Å². The number of amides is 1. The number of carbonyl (C=O) groups is 1. The smallest absolute Gasteiger partial charge is 0.233 e. The predicted octanol–water partition coefficient (Wildman–Crippen LogP) is 1.61. The summed E-state index contributed by atoms with van der Waals surface area (Å²) in [5.74, 6) is 0.0528. The SMILES string of the molecule is CCCNC(=O)CNCc1ccn(C2CCCC2)n1. The largest absolute Gasteiger partial charge is 0.355 e. The van der Waals surface area contributed by atoms with E-state index in [9.17, 15) is 4.79 Å². The van der Waals surface area contributed by atoms with Gasteiger partial charge in [-0.05, 0) is 25.3 Å². The van der Waals surface area contributed by atoms with Gasteiger partial charge in [-0.15, -0.1) is 0 Å². The molecule has 0 bridgehead atoms. The van der Waals surface area contributed by atoms with Gasteiger partial charge in [0, 0.05) is 19.3 Å². The van der Waals surface area contributed by atoms with Gasteiger partial charge in [0.15, 0.2) is 0 Å². The van der Waals surface area contributed by atoms with Gasteiger partial charge in [0.25, 0.3) is 0 Å². The Morgan fingerprint density at radius 1 is 1.47 bits per heavy atom. The molecule has 106 valence electrons. The molecule has 0 spiro atoms. The average Bonchev–Trinajstić information content (AvgIpc) is 3.06. The van der Waals surface area contributed by atoms with Crippen LogP contribution >= 0.6 is 0 Å². The molecule has 0 radical (unpaired) electrons. The molecule has 2 rings (SSSR count). The van der Waals surface area contributed by atoms with Crippen LogP contribution in [0.1, 0.15) is 50.8 Å². The van der Waals surface area contributed by atoms with Crippen molar-refractivity contribution in [3.63, 3.8) is 0 Å². The molecule has 1 aliphatic carbocycles. The highest BCUT2D eigenvalue weighted by Gasteiger charge is 2.17. The van der Waals surface area contributed by atoms with E-state index in [1.165, 1.54) is 25.7 Å². The lowest BCUT2D eigenvalue weighted by Gasteiger charge is -2.09. The zero-order chi connectivity index (χ0) is 13.5. The average molecular weight is 264 g/mol. The van der Waals surface area contributed by atoms with Crippen molar-refractivity contribution in [2.24, 2.45) is 0 Å². The van der Waals surface area contributed by atoms with E-state index in [1.54, 1.807) is 0 Å². The second kappa shape index (κ2) is 7.28. The molecule has 0 saturated heterocycles. The highest BCUT2D eigenvalue weighted by molar-refractivity contribution is 5.77. The molecule has 1 aromatic heterocycles. The van der Waals surface area contributed by atoms with Gasteiger partial charge in [-0.2, -0.15) is 5.10 Å². The number of aromatic nitrogens is 2. The number of hydrogen-bond donors (Lipinski definition) is 2. The summed E-state index contributed by atoms with van der Waals surface area (Å²) in [6.07, 6.45) is 8.15. The molecule has 0 unspecified atom stereocenters. The van der Waals surface area contributed by atoms with E-state index in [0.717, 1.165) is 18.7 Å². The number of nitrogens with one attached hydrogen (secondary N) is 2. The van der Waals surface area contributed by atoms with E-state index in [4.69, 9.17) is 0 Å². The molecule has 0 aliphatic heterocycles. The molecular weight excluding hydrogens is 240 g/mol. The van der Waals surface area contributed by atoms with Crippen LogP contribution < -0.4 is 10.6 Å². The third kappa shape index (κ3) is 4.35. The summed E-state index contributed by atoms with van der Waals surface area (Å²) in [5.41, 5.74) is 1.01. The van der Waals surface area contributed by atoms with Crippen molar-refractivity contribution in [3.05, 3.63) is 18.0 Å². The standard InChI is InChI=1S/C14H24N4O/c1-2-8-16-14(19)11-15-10-12-7-9-18(17-12)13-5-3-4-6-13/h7,9,13,15H,2-6,8,10-11H2,1H3,(H,16,19). The predicted molar refractivity (Wildman–Crippen MR) is 74.7 cm³/mol. The van der Waals surface area contributed by atoms with E-state index in [1.807, 2.05) is 13.0 Å². The minimum absolute atomic E-state index is 0.0528. The lowest BCUT2D eigenvalue weighted by Crippen LogP contribution is -2.34. The second-order valence-corrected chi connectivity index (χ2v) is 5.18. The van der Waals surface area contributed by atoms with Gasteiger partial charge in [-0.3, -0.25) is 9.48 Å². The maximum Gasteiger partial charge on any atom is 0.233 e. The van der Waals surface area contributed by atoms with Crippen molar-refractivity contribution < 1.29 is 4.79 Å². The minimum atomic E-state index is 0.0528. The fourth-order valence-electron chi connectivity index (χ4n) is 2.47. The number of rotatable bonds is 7. The lowest BCUT2D eigenvalue weighted by atomic mass is 10.3. The molecule has 1 fully saturated rings. The maximum absolute atomic E-state index is 11.4. The Bertz CT molecular complexity index is 396. The Balaban J connectivity index is 1.70. The van der Waals surface area contributed by atoms with Gasteiger partial charge >= 0.3 is 0 Å². The summed E-state index contributed by atoms with van der Waals surface area (Å²) in [7, 11) is 0. The highest BCUT2D eigenvalue weighted by atomic mass is 16.1. The van der Waals surface area contributed by atoms with Crippen LogP contribution in [0.3, 0.4) is 0 Å². The normalized spacial score (nSPS) is 15.8. The van der Waals surface area contributed by atoms with Crippen molar-refractivity contribution in [2.75, 3.05) is 13.1 Å². The first-order valence-electron chi connectivity index (χ1n) is 7.31. The van der Waals surface area contributed by atoms with Crippen molar-refractivity contribution in [2.45, 2.75) is 51.6 Å². The number of hydrogen-bond acceptors (Lipinski definition) is 3. The first-order valence-corrected chi connectivity index (χ1v) is 7.31. The molecule has 1 heterocycles. The van der Waals surface area contributed by atoms with E-state index in [2.05, 4.69) is 26.6 Å². The Morgan fingerprint density at radius 3 is 3.00 bits per heavy atom. The third-order valence-electron chi connectivity index (χ3n) is 3.53. The van der Waals surface area contributed by atoms with Gasteiger partial charge in [-0.1, -0.05) is 19.8 Å². The quantitative estimate of drug-likeness (QED) is 0.786. The van der Waals surface area contributed by atoms with E-state index in [0.29, 0.717) is 19.1 Å². The molecule has 5 nitrogen and oxygen atoms in total. The summed E-state index contributed by atoms with van der Waals surface area (Å²) in [4.78, 5) is 11.4. The Kier molecular flexibility index (Phi) is 5.39. The van der Waals surface area contributed by atoms with Gasteiger partial charge in [0.2, 0.25) is 5.91 Å².